The molecule has 2 aromatic carbocycles. The zero-order valence-corrected chi connectivity index (χ0v) is 19.5. The average Bonchev–Trinajstić information content (AvgIpc) is 3.05. The number of halogens is 1. The monoisotopic (exact) mass is 540 g/mol. The van der Waals surface area contributed by atoms with Gasteiger partial charge in [0, 0.05) is 28.1 Å². The normalized spacial score (nSPS) is 17.6. The summed E-state index contributed by atoms with van der Waals surface area (Å²) in [6, 6.07) is 17.4. The van der Waals surface area contributed by atoms with Crippen molar-refractivity contribution in [3.8, 4) is 5.75 Å². The molecular formula is C25H21IN2O4. The number of aliphatic hydroxyl groups excluding tert-OH is 1. The van der Waals surface area contributed by atoms with E-state index >= 15 is 0 Å². The molecule has 0 spiro atoms. The van der Waals surface area contributed by atoms with Gasteiger partial charge < -0.3 is 14.7 Å². The fraction of sp³-hybridized carbons (Fsp3) is 0.160. The summed E-state index contributed by atoms with van der Waals surface area (Å²) in [6.07, 6.45) is 3.31. The molecule has 32 heavy (non-hydrogen) atoms. The molecule has 2 heterocycles. The highest BCUT2D eigenvalue weighted by molar-refractivity contribution is 14.1. The minimum Gasteiger partial charge on any atom is -0.507 e. The molecule has 1 amide bonds. The Morgan fingerprint density at radius 2 is 1.91 bits per heavy atom. The summed E-state index contributed by atoms with van der Waals surface area (Å²) in [7, 11) is 0. The van der Waals surface area contributed by atoms with Crippen LogP contribution in [0, 0.1) is 3.57 Å². The fourth-order valence-electron chi connectivity index (χ4n) is 3.78. The number of aromatic nitrogens is 1. The molecule has 1 aromatic heterocycles. The van der Waals surface area contributed by atoms with Crippen molar-refractivity contribution in [2.24, 2.45) is 0 Å². The molecule has 6 nitrogen and oxygen atoms in total. The average molecular weight is 540 g/mol. The van der Waals surface area contributed by atoms with Gasteiger partial charge >= 0.3 is 0 Å². The number of pyridine rings is 1. The van der Waals surface area contributed by atoms with E-state index in [1.165, 1.54) is 4.90 Å². The van der Waals surface area contributed by atoms with E-state index in [0.29, 0.717) is 17.9 Å². The zero-order chi connectivity index (χ0) is 22.7. The molecule has 3 aromatic rings. The number of carbonyl (C=O) groups excluding carboxylic acids is 2. The van der Waals surface area contributed by atoms with Crippen molar-refractivity contribution in [3.05, 3.63) is 98.9 Å². The summed E-state index contributed by atoms with van der Waals surface area (Å²) < 4.78 is 6.56. The number of carbonyl (C=O) groups is 2. The number of nitrogens with zero attached hydrogens (tertiary/aromatic N) is 2. The van der Waals surface area contributed by atoms with Crippen LogP contribution >= 0.6 is 22.6 Å². The molecule has 1 fully saturated rings. The van der Waals surface area contributed by atoms with Gasteiger partial charge in [-0.15, -0.1) is 0 Å². The van der Waals surface area contributed by atoms with E-state index in [1.54, 1.807) is 42.7 Å². The van der Waals surface area contributed by atoms with Gasteiger partial charge in [-0.3, -0.25) is 14.6 Å². The van der Waals surface area contributed by atoms with Crippen molar-refractivity contribution in [1.29, 1.82) is 0 Å². The number of hydrogen-bond acceptors (Lipinski definition) is 5. The van der Waals surface area contributed by atoms with Gasteiger partial charge in [-0.25, -0.2) is 0 Å². The number of aliphatic hydroxyl groups is 1. The lowest BCUT2D eigenvalue weighted by Gasteiger charge is -2.25. The Bertz CT molecular complexity index is 1180. The van der Waals surface area contributed by atoms with Gasteiger partial charge in [-0.2, -0.15) is 0 Å². The highest BCUT2D eigenvalue weighted by Crippen LogP contribution is 2.40. The van der Waals surface area contributed by atoms with Crippen molar-refractivity contribution >= 4 is 40.0 Å². The standard InChI is InChI=1S/C25H21IN2O4/c1-2-32-20-7-3-6-18(13-20)23(29)21-22(17-8-10-19(26)11-9-17)28(25(31)24(21)30)15-16-5-4-12-27-14-16/h3-14,22,29H,2,15H2,1H3/b23-21+. The maximum absolute atomic E-state index is 13.1. The van der Waals surface area contributed by atoms with E-state index in [0.717, 1.165) is 14.7 Å². The van der Waals surface area contributed by atoms with Crippen LogP contribution in [0.15, 0.2) is 78.6 Å². The van der Waals surface area contributed by atoms with Crippen LogP contribution in [0.4, 0.5) is 0 Å². The van der Waals surface area contributed by atoms with E-state index in [4.69, 9.17) is 4.74 Å². The third-order valence-electron chi connectivity index (χ3n) is 5.22. The van der Waals surface area contributed by atoms with Crippen molar-refractivity contribution in [3.63, 3.8) is 0 Å². The predicted octanol–water partition coefficient (Wildman–Crippen LogP) is 4.71. The number of hydrogen-bond donors (Lipinski definition) is 1. The minimum absolute atomic E-state index is 0.0637. The first-order valence-electron chi connectivity index (χ1n) is 10.2. The number of benzene rings is 2. The van der Waals surface area contributed by atoms with Gasteiger partial charge in [0.05, 0.1) is 18.2 Å². The van der Waals surface area contributed by atoms with Gasteiger partial charge in [-0.05, 0) is 71.0 Å². The molecular weight excluding hydrogens is 519 g/mol. The Labute approximate surface area is 199 Å². The highest BCUT2D eigenvalue weighted by Gasteiger charge is 2.46. The molecule has 1 atom stereocenters. The summed E-state index contributed by atoms with van der Waals surface area (Å²) in [6.45, 7) is 2.54. The summed E-state index contributed by atoms with van der Waals surface area (Å²) in [5.74, 6) is -1.01. The smallest absolute Gasteiger partial charge is 0.295 e. The molecule has 1 aliphatic heterocycles. The molecule has 1 unspecified atom stereocenters. The largest absolute Gasteiger partial charge is 0.507 e. The Morgan fingerprint density at radius 1 is 1.12 bits per heavy atom. The quantitative estimate of drug-likeness (QED) is 0.212. The first-order valence-corrected chi connectivity index (χ1v) is 11.2. The topological polar surface area (TPSA) is 79.7 Å². The predicted molar refractivity (Wildman–Crippen MR) is 129 cm³/mol. The molecule has 0 radical (unpaired) electrons. The Balaban J connectivity index is 1.84. The molecule has 7 heteroatoms. The second-order valence-electron chi connectivity index (χ2n) is 7.30. The summed E-state index contributed by atoms with van der Waals surface area (Å²) >= 11 is 2.20. The maximum Gasteiger partial charge on any atom is 0.295 e. The zero-order valence-electron chi connectivity index (χ0n) is 17.4. The van der Waals surface area contributed by atoms with E-state index in [1.807, 2.05) is 37.3 Å². The molecule has 1 aliphatic rings. The molecule has 0 saturated carbocycles. The molecule has 162 valence electrons. The van der Waals surface area contributed by atoms with Crippen LogP contribution in [0.1, 0.15) is 29.7 Å². The lowest BCUT2D eigenvalue weighted by molar-refractivity contribution is -0.140. The first kappa shape index (κ1) is 22.0. The van der Waals surface area contributed by atoms with Crippen LogP contribution in [0.25, 0.3) is 5.76 Å². The van der Waals surface area contributed by atoms with E-state index < -0.39 is 17.7 Å². The SMILES string of the molecule is CCOc1cccc(/C(O)=C2\C(=O)C(=O)N(Cc3cccnc3)C2c2ccc(I)cc2)c1. The molecule has 0 aliphatic carbocycles. The lowest BCUT2D eigenvalue weighted by atomic mass is 9.95. The van der Waals surface area contributed by atoms with Crippen molar-refractivity contribution < 1.29 is 19.4 Å². The second-order valence-corrected chi connectivity index (χ2v) is 8.55. The summed E-state index contributed by atoms with van der Waals surface area (Å²) in [4.78, 5) is 31.8. The van der Waals surface area contributed by atoms with E-state index in [2.05, 4.69) is 27.6 Å². The number of ketones is 1. The second kappa shape index (κ2) is 9.52. The molecule has 4 rings (SSSR count). The van der Waals surface area contributed by atoms with Gasteiger partial charge in [0.15, 0.2) is 0 Å². The van der Waals surface area contributed by atoms with Crippen LogP contribution in [0.2, 0.25) is 0 Å². The van der Waals surface area contributed by atoms with E-state index in [9.17, 15) is 14.7 Å². The molecule has 1 N–H and O–H groups in total. The van der Waals surface area contributed by atoms with Gasteiger partial charge in [-0.1, -0.05) is 30.3 Å². The first-order chi connectivity index (χ1) is 15.5. The Hall–Kier alpha value is -3.20. The maximum atomic E-state index is 13.1. The number of ether oxygens (including phenoxy) is 1. The van der Waals surface area contributed by atoms with Crippen LogP contribution in [0.5, 0.6) is 5.75 Å². The van der Waals surface area contributed by atoms with Gasteiger partial charge in [0.25, 0.3) is 11.7 Å². The van der Waals surface area contributed by atoms with Crippen LogP contribution < -0.4 is 4.74 Å². The number of amides is 1. The molecule has 0 bridgehead atoms. The van der Waals surface area contributed by atoms with Crippen LogP contribution in [-0.2, 0) is 16.1 Å². The fourth-order valence-corrected chi connectivity index (χ4v) is 4.14. The van der Waals surface area contributed by atoms with Crippen molar-refractivity contribution in [1.82, 2.24) is 9.88 Å². The lowest BCUT2D eigenvalue weighted by Crippen LogP contribution is -2.29. The van der Waals surface area contributed by atoms with Crippen molar-refractivity contribution in [2.45, 2.75) is 19.5 Å². The Morgan fingerprint density at radius 3 is 2.59 bits per heavy atom. The summed E-state index contributed by atoms with van der Waals surface area (Å²) in [5, 5.41) is 11.2. The van der Waals surface area contributed by atoms with Gasteiger partial charge in [0.1, 0.15) is 11.5 Å². The number of likely N-dealkylation sites (tertiary alicyclic amines) is 1. The number of rotatable bonds is 6. The summed E-state index contributed by atoms with van der Waals surface area (Å²) in [5.41, 5.74) is 2.03. The van der Waals surface area contributed by atoms with Crippen LogP contribution in [0.3, 0.4) is 0 Å². The number of Topliss-reactive ketones (excluding diaryl/α,β-unsaturated/α-hetero) is 1. The minimum atomic E-state index is -0.719. The van der Waals surface area contributed by atoms with Crippen LogP contribution in [-0.4, -0.2) is 33.3 Å². The van der Waals surface area contributed by atoms with E-state index in [-0.39, 0.29) is 17.9 Å². The Kier molecular flexibility index (Phi) is 6.55. The third-order valence-corrected chi connectivity index (χ3v) is 5.94. The molecule has 1 saturated heterocycles. The third kappa shape index (κ3) is 4.38. The van der Waals surface area contributed by atoms with Crippen molar-refractivity contribution in [2.75, 3.05) is 6.61 Å². The highest BCUT2D eigenvalue weighted by atomic mass is 127. The van der Waals surface area contributed by atoms with Gasteiger partial charge in [0.2, 0.25) is 0 Å².